The van der Waals surface area contributed by atoms with Gasteiger partial charge in [-0.15, -0.1) is 0 Å². The number of nitrogens with one attached hydrogen (secondary N) is 3. The minimum atomic E-state index is -0.364. The Hall–Kier alpha value is -1.95. The lowest BCUT2D eigenvalue weighted by atomic mass is 9.99. The zero-order valence-corrected chi connectivity index (χ0v) is 12.5. The molecule has 1 aromatic carbocycles. The molecule has 1 unspecified atom stereocenters. The second-order valence-electron chi connectivity index (χ2n) is 5.45. The second-order valence-corrected chi connectivity index (χ2v) is 5.45. The van der Waals surface area contributed by atoms with Crippen molar-refractivity contribution in [2.24, 2.45) is 5.92 Å². The normalized spacial score (nSPS) is 17.8. The average molecular weight is 307 g/mol. The molecule has 1 atom stereocenters. The average Bonchev–Trinajstić information content (AvgIpc) is 2.55. The summed E-state index contributed by atoms with van der Waals surface area (Å²) in [6.45, 7) is 2.74. The Bertz CT molecular complexity index is 499. The van der Waals surface area contributed by atoms with E-state index in [-0.39, 0.29) is 23.5 Å². The Kier molecular flexibility index (Phi) is 6.33. The third-order valence-electron chi connectivity index (χ3n) is 3.71. The first-order valence-electron chi connectivity index (χ1n) is 7.69. The fraction of sp³-hybridized carbons (Fsp3) is 0.500. The predicted octanol–water partition coefficient (Wildman–Crippen LogP) is 1.06. The van der Waals surface area contributed by atoms with Crippen molar-refractivity contribution in [3.63, 3.8) is 0 Å². The lowest BCUT2D eigenvalue weighted by molar-refractivity contribution is -0.125. The van der Waals surface area contributed by atoms with Crippen LogP contribution in [0.25, 0.3) is 0 Å². The molecule has 1 fully saturated rings. The van der Waals surface area contributed by atoms with Crippen LogP contribution in [0.3, 0.4) is 0 Å². The molecule has 0 saturated carbocycles. The van der Waals surface area contributed by atoms with E-state index >= 15 is 0 Å². The van der Waals surface area contributed by atoms with Gasteiger partial charge in [0, 0.05) is 25.2 Å². The third-order valence-corrected chi connectivity index (χ3v) is 3.71. The van der Waals surface area contributed by atoms with Crippen LogP contribution in [0.15, 0.2) is 24.3 Å². The second kappa shape index (κ2) is 8.48. The van der Waals surface area contributed by atoms with Gasteiger partial charge < -0.3 is 16.0 Å². The molecule has 0 radical (unpaired) electrons. The van der Waals surface area contributed by atoms with Gasteiger partial charge in [-0.2, -0.15) is 0 Å². The van der Waals surface area contributed by atoms with Crippen LogP contribution in [0, 0.1) is 11.7 Å². The van der Waals surface area contributed by atoms with Crippen molar-refractivity contribution in [2.75, 3.05) is 26.2 Å². The number of amides is 2. The van der Waals surface area contributed by atoms with E-state index in [4.69, 9.17) is 0 Å². The highest BCUT2D eigenvalue weighted by Crippen LogP contribution is 2.09. The van der Waals surface area contributed by atoms with Crippen LogP contribution in [-0.4, -0.2) is 38.0 Å². The van der Waals surface area contributed by atoms with Crippen molar-refractivity contribution in [1.29, 1.82) is 0 Å². The zero-order chi connectivity index (χ0) is 15.8. The zero-order valence-electron chi connectivity index (χ0n) is 12.5. The number of carbonyl (C=O) groups excluding carboxylic acids is 2. The summed E-state index contributed by atoms with van der Waals surface area (Å²) in [6.07, 6.45) is 2.63. The predicted molar refractivity (Wildman–Crippen MR) is 82.0 cm³/mol. The van der Waals surface area contributed by atoms with Gasteiger partial charge in [-0.05, 0) is 50.1 Å². The Morgan fingerprint density at radius 3 is 2.59 bits per heavy atom. The Balaban J connectivity index is 1.59. The molecule has 2 rings (SSSR count). The third kappa shape index (κ3) is 5.11. The van der Waals surface area contributed by atoms with Crippen LogP contribution in [-0.2, 0) is 4.79 Å². The molecule has 120 valence electrons. The largest absolute Gasteiger partial charge is 0.356 e. The van der Waals surface area contributed by atoms with Crippen LogP contribution in [0.1, 0.15) is 29.6 Å². The molecule has 2 amide bonds. The number of rotatable bonds is 6. The summed E-state index contributed by atoms with van der Waals surface area (Å²) >= 11 is 0. The van der Waals surface area contributed by atoms with E-state index in [2.05, 4.69) is 16.0 Å². The van der Waals surface area contributed by atoms with Crippen molar-refractivity contribution in [3.8, 4) is 0 Å². The maximum absolute atomic E-state index is 12.8. The highest BCUT2D eigenvalue weighted by molar-refractivity contribution is 5.94. The lowest BCUT2D eigenvalue weighted by Crippen LogP contribution is -2.41. The van der Waals surface area contributed by atoms with E-state index in [1.54, 1.807) is 0 Å². The van der Waals surface area contributed by atoms with Gasteiger partial charge in [0.15, 0.2) is 0 Å². The van der Waals surface area contributed by atoms with Gasteiger partial charge in [-0.3, -0.25) is 9.59 Å². The summed E-state index contributed by atoms with van der Waals surface area (Å²) in [5.74, 6) is -0.459. The van der Waals surface area contributed by atoms with Gasteiger partial charge in [-0.25, -0.2) is 4.39 Å². The number of benzene rings is 1. The summed E-state index contributed by atoms with van der Waals surface area (Å²) in [6, 6.07) is 5.41. The minimum Gasteiger partial charge on any atom is -0.356 e. The van der Waals surface area contributed by atoms with Crippen LogP contribution in [0.2, 0.25) is 0 Å². The van der Waals surface area contributed by atoms with Gasteiger partial charge >= 0.3 is 0 Å². The van der Waals surface area contributed by atoms with Crippen molar-refractivity contribution in [2.45, 2.75) is 19.3 Å². The molecule has 1 aliphatic rings. The van der Waals surface area contributed by atoms with E-state index in [1.165, 1.54) is 24.3 Å². The first kappa shape index (κ1) is 16.4. The quantitative estimate of drug-likeness (QED) is 0.688. The molecule has 0 bridgehead atoms. The van der Waals surface area contributed by atoms with Crippen LogP contribution < -0.4 is 16.0 Å². The van der Waals surface area contributed by atoms with Gasteiger partial charge in [0.05, 0.1) is 5.92 Å². The summed E-state index contributed by atoms with van der Waals surface area (Å²) in [7, 11) is 0. The van der Waals surface area contributed by atoms with Crippen LogP contribution in [0.4, 0.5) is 4.39 Å². The fourth-order valence-corrected chi connectivity index (χ4v) is 2.43. The lowest BCUT2D eigenvalue weighted by Gasteiger charge is -2.21. The summed E-state index contributed by atoms with van der Waals surface area (Å²) < 4.78 is 12.8. The SMILES string of the molecule is O=C(NCCCNC(=O)C1CCCNC1)c1ccc(F)cc1. The van der Waals surface area contributed by atoms with Gasteiger partial charge in [0.2, 0.25) is 5.91 Å². The van der Waals surface area contributed by atoms with Crippen molar-refractivity contribution in [3.05, 3.63) is 35.6 Å². The fourth-order valence-electron chi connectivity index (χ4n) is 2.43. The Morgan fingerprint density at radius 2 is 1.91 bits per heavy atom. The van der Waals surface area contributed by atoms with Crippen LogP contribution in [0.5, 0.6) is 0 Å². The first-order chi connectivity index (χ1) is 10.7. The molecule has 22 heavy (non-hydrogen) atoms. The molecule has 1 heterocycles. The van der Waals surface area contributed by atoms with Crippen molar-refractivity contribution in [1.82, 2.24) is 16.0 Å². The van der Waals surface area contributed by atoms with Gasteiger partial charge in [0.25, 0.3) is 5.91 Å². The van der Waals surface area contributed by atoms with Crippen LogP contribution >= 0.6 is 0 Å². The van der Waals surface area contributed by atoms with E-state index in [0.717, 1.165) is 25.9 Å². The monoisotopic (exact) mass is 307 g/mol. The van der Waals surface area contributed by atoms with Crippen molar-refractivity contribution >= 4 is 11.8 Å². The van der Waals surface area contributed by atoms with Crippen molar-refractivity contribution < 1.29 is 14.0 Å². The van der Waals surface area contributed by atoms with Gasteiger partial charge in [0.1, 0.15) is 5.82 Å². The molecular weight excluding hydrogens is 285 g/mol. The number of piperidine rings is 1. The minimum absolute atomic E-state index is 0.0579. The molecule has 1 aliphatic heterocycles. The molecule has 3 N–H and O–H groups in total. The van der Waals surface area contributed by atoms with E-state index in [0.29, 0.717) is 25.1 Å². The highest BCUT2D eigenvalue weighted by Gasteiger charge is 2.19. The van der Waals surface area contributed by atoms with E-state index in [1.807, 2.05) is 0 Å². The number of carbonyl (C=O) groups is 2. The Morgan fingerprint density at radius 1 is 1.18 bits per heavy atom. The maximum atomic E-state index is 12.8. The summed E-state index contributed by atoms with van der Waals surface area (Å²) in [5.41, 5.74) is 0.429. The van der Waals surface area contributed by atoms with E-state index < -0.39 is 0 Å². The highest BCUT2D eigenvalue weighted by atomic mass is 19.1. The molecule has 5 nitrogen and oxygen atoms in total. The number of hydrogen-bond acceptors (Lipinski definition) is 3. The molecule has 1 aromatic rings. The first-order valence-corrected chi connectivity index (χ1v) is 7.69. The molecule has 0 aromatic heterocycles. The number of hydrogen-bond donors (Lipinski definition) is 3. The van der Waals surface area contributed by atoms with Gasteiger partial charge in [-0.1, -0.05) is 0 Å². The smallest absolute Gasteiger partial charge is 0.251 e. The van der Waals surface area contributed by atoms with E-state index in [9.17, 15) is 14.0 Å². The Labute approximate surface area is 129 Å². The molecule has 1 saturated heterocycles. The molecule has 0 aliphatic carbocycles. The molecule has 6 heteroatoms. The molecular formula is C16H22FN3O2. The topological polar surface area (TPSA) is 70.2 Å². The number of halogens is 1. The summed E-state index contributed by atoms with van der Waals surface area (Å²) in [4.78, 5) is 23.6. The maximum Gasteiger partial charge on any atom is 0.251 e. The molecule has 0 spiro atoms. The standard InChI is InChI=1S/C16H22FN3O2/c17-14-6-4-12(5-7-14)15(21)19-9-2-10-20-16(22)13-3-1-8-18-11-13/h4-7,13,18H,1-3,8-11H2,(H,19,21)(H,20,22). The summed E-state index contributed by atoms with van der Waals surface area (Å²) in [5, 5.41) is 8.85.